The molecule has 108 valence electrons. The number of methoxy groups -OCH3 is 2. The Bertz CT molecular complexity index is 537. The van der Waals surface area contributed by atoms with Gasteiger partial charge in [0.25, 0.3) is 0 Å². The average Bonchev–Trinajstić information content (AvgIpc) is 2.79. The molecule has 0 amide bonds. The third kappa shape index (κ3) is 4.00. The molecule has 0 bridgehead atoms. The van der Waals surface area contributed by atoms with Crippen LogP contribution in [0.5, 0.6) is 0 Å². The summed E-state index contributed by atoms with van der Waals surface area (Å²) in [5, 5.41) is 7.46. The van der Waals surface area contributed by atoms with Gasteiger partial charge in [0.2, 0.25) is 0 Å². The van der Waals surface area contributed by atoms with E-state index in [9.17, 15) is 13.2 Å². The van der Waals surface area contributed by atoms with Gasteiger partial charge in [-0.25, -0.2) is 17.9 Å². The van der Waals surface area contributed by atoms with Gasteiger partial charge in [0.05, 0.1) is 31.7 Å². The Hall–Kier alpha value is -1.48. The number of rotatable bonds is 7. The second-order valence-electron chi connectivity index (χ2n) is 3.77. The maximum atomic E-state index is 11.5. The first-order chi connectivity index (χ1) is 8.95. The lowest BCUT2D eigenvalue weighted by Crippen LogP contribution is -2.18. The molecule has 1 rings (SSSR count). The Morgan fingerprint density at radius 1 is 1.37 bits per heavy atom. The Balaban J connectivity index is 2.95. The zero-order valence-electron chi connectivity index (χ0n) is 11.1. The highest BCUT2D eigenvalue weighted by molar-refractivity contribution is 7.91. The molecule has 1 aromatic rings. The molecule has 0 fully saturated rings. The first-order valence-electron chi connectivity index (χ1n) is 5.65. The fourth-order valence-electron chi connectivity index (χ4n) is 1.42. The van der Waals surface area contributed by atoms with Crippen LogP contribution in [0.1, 0.15) is 23.1 Å². The summed E-state index contributed by atoms with van der Waals surface area (Å²) in [6.07, 6.45) is 0. The van der Waals surface area contributed by atoms with Crippen LogP contribution in [0.25, 0.3) is 0 Å². The summed E-state index contributed by atoms with van der Waals surface area (Å²) in [5.74, 6) is -0.633. The van der Waals surface area contributed by atoms with Gasteiger partial charge in [-0.2, -0.15) is 0 Å². The zero-order valence-corrected chi connectivity index (χ0v) is 11.9. The molecule has 9 heteroatoms. The van der Waals surface area contributed by atoms with Crippen LogP contribution in [0.15, 0.2) is 0 Å². The number of esters is 1. The van der Waals surface area contributed by atoms with E-state index in [4.69, 9.17) is 4.74 Å². The molecule has 0 radical (unpaired) electrons. The normalized spacial score (nSPS) is 11.5. The van der Waals surface area contributed by atoms with Gasteiger partial charge >= 0.3 is 5.97 Å². The second-order valence-corrected chi connectivity index (χ2v) is 6.24. The van der Waals surface area contributed by atoms with Crippen LogP contribution < -0.4 is 0 Å². The number of ether oxygens (including phenoxy) is 2. The third-order valence-electron chi connectivity index (χ3n) is 2.55. The summed E-state index contributed by atoms with van der Waals surface area (Å²) in [6.45, 7) is 1.80. The topological polar surface area (TPSA) is 100 Å². The monoisotopic (exact) mass is 291 g/mol. The minimum Gasteiger partial charge on any atom is -0.464 e. The standard InChI is InChI=1S/C10H17N3O5S/c1-4-19(15,16)6-5-13-8(7-17-2)9(11-12-13)10(14)18-3/h4-7H2,1-3H3. The van der Waals surface area contributed by atoms with Crippen molar-refractivity contribution in [2.24, 2.45) is 0 Å². The molecule has 19 heavy (non-hydrogen) atoms. The predicted molar refractivity (Wildman–Crippen MR) is 66.4 cm³/mol. The Kier molecular flexibility index (Phi) is 5.43. The highest BCUT2D eigenvalue weighted by Crippen LogP contribution is 2.09. The number of hydrogen-bond acceptors (Lipinski definition) is 7. The van der Waals surface area contributed by atoms with Gasteiger partial charge in [-0.05, 0) is 0 Å². The van der Waals surface area contributed by atoms with Gasteiger partial charge in [-0.15, -0.1) is 5.10 Å². The minimum absolute atomic E-state index is 0.0400. The summed E-state index contributed by atoms with van der Waals surface area (Å²) in [5.41, 5.74) is 0.443. The second kappa shape index (κ2) is 6.62. The molecule has 0 saturated carbocycles. The van der Waals surface area contributed by atoms with E-state index >= 15 is 0 Å². The van der Waals surface area contributed by atoms with Gasteiger partial charge in [-0.1, -0.05) is 12.1 Å². The Morgan fingerprint density at radius 2 is 2.05 bits per heavy atom. The summed E-state index contributed by atoms with van der Waals surface area (Å²) in [4.78, 5) is 11.5. The van der Waals surface area contributed by atoms with Crippen molar-refractivity contribution in [1.29, 1.82) is 0 Å². The maximum absolute atomic E-state index is 11.5. The molecule has 0 aliphatic heterocycles. The molecular weight excluding hydrogens is 274 g/mol. The van der Waals surface area contributed by atoms with E-state index in [-0.39, 0.29) is 30.4 Å². The summed E-state index contributed by atoms with van der Waals surface area (Å²) in [6, 6.07) is 0. The average molecular weight is 291 g/mol. The number of carbonyl (C=O) groups excluding carboxylic acids is 1. The molecule has 0 saturated heterocycles. The van der Waals surface area contributed by atoms with Crippen molar-refractivity contribution in [2.45, 2.75) is 20.1 Å². The van der Waals surface area contributed by atoms with E-state index < -0.39 is 15.8 Å². The quantitative estimate of drug-likeness (QED) is 0.633. The lowest BCUT2D eigenvalue weighted by atomic mass is 10.3. The minimum atomic E-state index is -3.11. The first kappa shape index (κ1) is 15.6. The summed E-state index contributed by atoms with van der Waals surface area (Å²) >= 11 is 0. The van der Waals surface area contributed by atoms with Crippen LogP contribution >= 0.6 is 0 Å². The molecule has 1 heterocycles. The van der Waals surface area contributed by atoms with Gasteiger partial charge in [-0.3, -0.25) is 0 Å². The van der Waals surface area contributed by atoms with E-state index in [2.05, 4.69) is 15.0 Å². The van der Waals surface area contributed by atoms with E-state index in [0.717, 1.165) is 0 Å². The lowest BCUT2D eigenvalue weighted by molar-refractivity contribution is 0.0588. The summed E-state index contributed by atoms with van der Waals surface area (Å²) < 4.78 is 33.8. The summed E-state index contributed by atoms with van der Waals surface area (Å²) in [7, 11) is -0.416. The molecule has 0 atom stereocenters. The van der Waals surface area contributed by atoms with Gasteiger partial charge in [0, 0.05) is 12.9 Å². The number of aryl methyl sites for hydroxylation is 1. The Labute approximate surface area is 111 Å². The van der Waals surface area contributed by atoms with Crippen molar-refractivity contribution in [3.63, 3.8) is 0 Å². The molecule has 0 N–H and O–H groups in total. The van der Waals surface area contributed by atoms with E-state index in [1.165, 1.54) is 18.9 Å². The van der Waals surface area contributed by atoms with Crippen LogP contribution in [0, 0.1) is 0 Å². The van der Waals surface area contributed by atoms with Crippen molar-refractivity contribution < 1.29 is 22.7 Å². The van der Waals surface area contributed by atoms with Gasteiger partial charge < -0.3 is 9.47 Å². The van der Waals surface area contributed by atoms with Crippen LogP contribution in [-0.2, 0) is 32.5 Å². The van der Waals surface area contributed by atoms with Crippen LogP contribution in [0.2, 0.25) is 0 Å². The largest absolute Gasteiger partial charge is 0.464 e. The molecule has 0 aromatic carbocycles. The number of nitrogens with zero attached hydrogens (tertiary/aromatic N) is 3. The van der Waals surface area contributed by atoms with Gasteiger partial charge in [0.1, 0.15) is 0 Å². The smallest absolute Gasteiger partial charge is 0.360 e. The van der Waals surface area contributed by atoms with Crippen molar-refractivity contribution in [3.05, 3.63) is 11.4 Å². The molecule has 0 unspecified atom stereocenters. The Morgan fingerprint density at radius 3 is 2.58 bits per heavy atom. The molecule has 8 nitrogen and oxygen atoms in total. The first-order valence-corrected chi connectivity index (χ1v) is 7.47. The zero-order chi connectivity index (χ0) is 14.5. The van der Waals surface area contributed by atoms with E-state index in [0.29, 0.717) is 5.69 Å². The fraction of sp³-hybridized carbons (Fsp3) is 0.700. The fourth-order valence-corrected chi connectivity index (χ4v) is 2.16. The van der Waals surface area contributed by atoms with Crippen molar-refractivity contribution in [1.82, 2.24) is 15.0 Å². The van der Waals surface area contributed by atoms with E-state index in [1.807, 2.05) is 0 Å². The predicted octanol–water partition coefficient (Wildman–Crippen LogP) is -0.354. The number of sulfone groups is 1. The molecule has 1 aromatic heterocycles. The molecule has 0 aliphatic rings. The lowest BCUT2D eigenvalue weighted by Gasteiger charge is -2.06. The van der Waals surface area contributed by atoms with Crippen molar-refractivity contribution in [3.8, 4) is 0 Å². The maximum Gasteiger partial charge on any atom is 0.360 e. The highest BCUT2D eigenvalue weighted by atomic mass is 32.2. The van der Waals surface area contributed by atoms with Crippen LogP contribution in [0.3, 0.4) is 0 Å². The van der Waals surface area contributed by atoms with Crippen LogP contribution in [0.4, 0.5) is 0 Å². The molecule has 0 spiro atoms. The van der Waals surface area contributed by atoms with Gasteiger partial charge in [0.15, 0.2) is 15.5 Å². The highest BCUT2D eigenvalue weighted by Gasteiger charge is 2.21. The third-order valence-corrected chi connectivity index (χ3v) is 4.24. The van der Waals surface area contributed by atoms with Crippen LogP contribution in [-0.4, -0.2) is 55.1 Å². The SMILES string of the molecule is CCS(=O)(=O)CCn1nnc(C(=O)OC)c1COC. The van der Waals surface area contributed by atoms with Crippen molar-refractivity contribution in [2.75, 3.05) is 25.7 Å². The van der Waals surface area contributed by atoms with E-state index in [1.54, 1.807) is 6.92 Å². The molecular formula is C10H17N3O5S. The number of aromatic nitrogens is 3. The number of hydrogen-bond donors (Lipinski definition) is 0. The van der Waals surface area contributed by atoms with Crippen molar-refractivity contribution >= 4 is 15.8 Å². The number of carbonyl (C=O) groups is 1. The molecule has 0 aliphatic carbocycles.